The third kappa shape index (κ3) is 9.38. The van der Waals surface area contributed by atoms with Crippen LogP contribution in [0.15, 0.2) is 24.3 Å². The Bertz CT molecular complexity index is 1090. The van der Waals surface area contributed by atoms with Crippen LogP contribution in [-0.4, -0.2) is 67.0 Å². The Morgan fingerprint density at radius 2 is 1.89 bits per heavy atom. The van der Waals surface area contributed by atoms with E-state index in [2.05, 4.69) is 20.9 Å². The van der Waals surface area contributed by atoms with Gasteiger partial charge in [0.15, 0.2) is 0 Å². The molecule has 202 valence electrons. The van der Waals surface area contributed by atoms with Crippen molar-refractivity contribution in [3.05, 3.63) is 45.5 Å². The maximum absolute atomic E-state index is 12.4. The van der Waals surface area contributed by atoms with Crippen molar-refractivity contribution in [2.45, 2.75) is 46.2 Å². The molecule has 0 aliphatic carbocycles. The highest BCUT2D eigenvalue weighted by molar-refractivity contribution is 7.51. The summed E-state index contributed by atoms with van der Waals surface area (Å²) in [4.78, 5) is 35.7. The molecular weight excluding hydrogens is 504 g/mol. The maximum Gasteiger partial charge on any atom is 0.353 e. The number of anilines is 2. The number of hydrogen-bond acceptors (Lipinski definition) is 12. The molecule has 2 heterocycles. The van der Waals surface area contributed by atoms with E-state index in [0.717, 1.165) is 30.8 Å². The average molecular weight is 537 g/mol. The molecule has 2 N–H and O–H groups in total. The fourth-order valence-corrected chi connectivity index (χ4v) is 3.91. The van der Waals surface area contributed by atoms with Crippen LogP contribution in [0.5, 0.6) is 6.01 Å². The third-order valence-corrected chi connectivity index (χ3v) is 5.38. The molecule has 1 aromatic carbocycles. The number of likely N-dealkylation sites (tertiary alicyclic amines) is 1. The lowest BCUT2D eigenvalue weighted by Gasteiger charge is -2.24. The predicted octanol–water partition coefficient (Wildman–Crippen LogP) is 2.25. The normalized spacial score (nSPS) is 12.8. The largest absolute Gasteiger partial charge is 0.465 e. The first-order chi connectivity index (χ1) is 17.8. The summed E-state index contributed by atoms with van der Waals surface area (Å²) < 4.78 is 27.2. The van der Waals surface area contributed by atoms with Gasteiger partial charge in [-0.25, -0.2) is 0 Å². The Labute approximate surface area is 218 Å². The van der Waals surface area contributed by atoms with Crippen LogP contribution in [0.4, 0.5) is 17.3 Å². The first-order valence-corrected chi connectivity index (χ1v) is 12.6. The quantitative estimate of drug-likeness (QED) is 0.239. The summed E-state index contributed by atoms with van der Waals surface area (Å²) >= 11 is -0.750. The van der Waals surface area contributed by atoms with Crippen molar-refractivity contribution in [3.8, 4) is 6.01 Å². The average Bonchev–Trinajstić information content (AvgIpc) is 3.35. The van der Waals surface area contributed by atoms with Gasteiger partial charge in [0.25, 0.3) is 0 Å². The van der Waals surface area contributed by atoms with Crippen LogP contribution < -0.4 is 15.4 Å². The number of nitrogen functional groups attached to an aromatic ring is 1. The Kier molecular flexibility index (Phi) is 12.4. The number of ether oxygens (including phenoxy) is 2. The van der Waals surface area contributed by atoms with E-state index >= 15 is 0 Å². The molecule has 0 atom stereocenters. The van der Waals surface area contributed by atoms with Crippen LogP contribution in [-0.2, 0) is 34.2 Å². The van der Waals surface area contributed by atoms with Crippen LogP contribution in [0, 0.1) is 10.1 Å². The molecule has 0 unspecified atom stereocenters. The van der Waals surface area contributed by atoms with E-state index in [4.69, 9.17) is 23.6 Å². The van der Waals surface area contributed by atoms with E-state index in [1.165, 1.54) is 17.7 Å². The monoisotopic (exact) mass is 536 g/mol. The van der Waals surface area contributed by atoms with E-state index in [1.807, 2.05) is 25.1 Å². The molecule has 0 saturated carbocycles. The molecule has 0 spiro atoms. The van der Waals surface area contributed by atoms with Crippen LogP contribution in [0.25, 0.3) is 0 Å². The Hall–Kier alpha value is -3.65. The van der Waals surface area contributed by atoms with Crippen LogP contribution in [0.3, 0.4) is 0 Å². The SMILES string of the molecule is CCCOc1nc(N)c([N+](=O)[O-])c(N(CC(=O)OCC)Cc2cccc(CN3CCCC3)c2)n1.O=S=O. The topological polar surface area (TPSA) is 171 Å². The van der Waals surface area contributed by atoms with Gasteiger partial charge >= 0.3 is 29.2 Å². The van der Waals surface area contributed by atoms with Crippen molar-refractivity contribution in [1.29, 1.82) is 0 Å². The minimum atomic E-state index is -0.750. The van der Waals surface area contributed by atoms with Crippen molar-refractivity contribution in [2.24, 2.45) is 0 Å². The van der Waals surface area contributed by atoms with E-state index in [9.17, 15) is 14.9 Å². The zero-order valence-corrected chi connectivity index (χ0v) is 21.8. The second-order valence-electron chi connectivity index (χ2n) is 8.20. The molecule has 2 aromatic rings. The van der Waals surface area contributed by atoms with Gasteiger partial charge in [-0.3, -0.25) is 19.8 Å². The van der Waals surface area contributed by atoms with Crippen molar-refractivity contribution in [1.82, 2.24) is 14.9 Å². The molecule has 0 radical (unpaired) electrons. The maximum atomic E-state index is 12.4. The van der Waals surface area contributed by atoms with E-state index < -0.39 is 28.2 Å². The zero-order chi connectivity index (χ0) is 27.2. The number of esters is 1. The standard InChI is InChI=1S/C23H32N6O5.O2S/c1-3-12-34-23-25-21(24)20(29(31)32)22(26-23)28(16-19(30)33-4-2)15-18-9-7-8-17(13-18)14-27-10-5-6-11-27;1-3-2/h7-9,13H,3-6,10-12,14-16H2,1-2H3,(H2,24,25,26);. The number of benzene rings is 1. The minimum Gasteiger partial charge on any atom is -0.465 e. The second kappa shape index (κ2) is 15.5. The molecule has 0 amide bonds. The van der Waals surface area contributed by atoms with Crippen molar-refractivity contribution >= 4 is 34.9 Å². The lowest BCUT2D eigenvalue weighted by molar-refractivity contribution is -0.383. The Morgan fingerprint density at radius 3 is 2.51 bits per heavy atom. The molecule has 1 fully saturated rings. The molecular formula is C23H32N6O7S. The molecule has 37 heavy (non-hydrogen) atoms. The molecule has 14 heteroatoms. The lowest BCUT2D eigenvalue weighted by atomic mass is 10.1. The Balaban J connectivity index is 0.00000153. The zero-order valence-electron chi connectivity index (χ0n) is 21.0. The van der Waals surface area contributed by atoms with Gasteiger partial charge in [-0.2, -0.15) is 18.4 Å². The summed E-state index contributed by atoms with van der Waals surface area (Å²) in [5, 5.41) is 11.8. The minimum absolute atomic E-state index is 0.0726. The van der Waals surface area contributed by atoms with Crippen LogP contribution in [0.2, 0.25) is 0 Å². The van der Waals surface area contributed by atoms with Crippen molar-refractivity contribution in [3.63, 3.8) is 0 Å². The molecule has 0 bridgehead atoms. The molecule has 1 aromatic heterocycles. The number of nitrogens with zero attached hydrogens (tertiary/aromatic N) is 5. The molecule has 3 rings (SSSR count). The summed E-state index contributed by atoms with van der Waals surface area (Å²) in [5.74, 6) is -0.933. The van der Waals surface area contributed by atoms with E-state index in [0.29, 0.717) is 13.0 Å². The third-order valence-electron chi connectivity index (χ3n) is 5.38. The number of aromatic nitrogens is 2. The molecule has 1 aliphatic rings. The molecule has 1 aliphatic heterocycles. The summed E-state index contributed by atoms with van der Waals surface area (Å²) in [7, 11) is 0. The summed E-state index contributed by atoms with van der Waals surface area (Å²) in [6.07, 6.45) is 3.11. The highest BCUT2D eigenvalue weighted by atomic mass is 32.1. The molecule has 13 nitrogen and oxygen atoms in total. The van der Waals surface area contributed by atoms with Gasteiger partial charge in [-0.1, -0.05) is 31.2 Å². The van der Waals surface area contributed by atoms with Crippen molar-refractivity contribution < 1.29 is 27.6 Å². The first-order valence-electron chi connectivity index (χ1n) is 11.9. The summed E-state index contributed by atoms with van der Waals surface area (Å²) in [6, 6.07) is 7.88. The Morgan fingerprint density at radius 1 is 1.22 bits per heavy atom. The van der Waals surface area contributed by atoms with E-state index in [-0.39, 0.29) is 37.3 Å². The number of nitrogens with two attached hydrogens (primary N) is 1. The fraction of sp³-hybridized carbons (Fsp3) is 0.522. The second-order valence-corrected chi connectivity index (χ2v) is 8.34. The smallest absolute Gasteiger partial charge is 0.353 e. The number of nitro groups is 1. The van der Waals surface area contributed by atoms with Crippen LogP contribution >= 0.6 is 0 Å². The van der Waals surface area contributed by atoms with Crippen LogP contribution in [0.1, 0.15) is 44.2 Å². The summed E-state index contributed by atoms with van der Waals surface area (Å²) in [5.41, 5.74) is 7.46. The highest BCUT2D eigenvalue weighted by Crippen LogP contribution is 2.33. The van der Waals surface area contributed by atoms with Gasteiger partial charge in [-0.05, 0) is 50.4 Å². The van der Waals surface area contributed by atoms with E-state index in [1.54, 1.807) is 6.92 Å². The fourth-order valence-electron chi connectivity index (χ4n) is 3.91. The van der Waals surface area contributed by atoms with Gasteiger partial charge < -0.3 is 20.1 Å². The number of hydrogen-bond donors (Lipinski definition) is 1. The van der Waals surface area contributed by atoms with Crippen molar-refractivity contribution in [2.75, 3.05) is 43.5 Å². The first kappa shape index (κ1) is 29.6. The summed E-state index contributed by atoms with van der Waals surface area (Å²) in [6.45, 7) is 7.07. The number of carbonyl (C=O) groups is 1. The van der Waals surface area contributed by atoms with Gasteiger partial charge in [-0.15, -0.1) is 0 Å². The lowest BCUT2D eigenvalue weighted by Crippen LogP contribution is -2.32. The molecule has 1 saturated heterocycles. The number of rotatable bonds is 12. The van der Waals surface area contributed by atoms with Gasteiger partial charge in [0.2, 0.25) is 11.6 Å². The van der Waals surface area contributed by atoms with Gasteiger partial charge in [0.1, 0.15) is 6.54 Å². The number of carbonyl (C=O) groups excluding carboxylic acids is 1. The van der Waals surface area contributed by atoms with Gasteiger partial charge in [0.05, 0.1) is 18.1 Å². The van der Waals surface area contributed by atoms with Gasteiger partial charge in [0, 0.05) is 13.1 Å². The predicted molar refractivity (Wildman–Crippen MR) is 136 cm³/mol. The highest BCUT2D eigenvalue weighted by Gasteiger charge is 2.29.